The van der Waals surface area contributed by atoms with Crippen LogP contribution in [-0.2, 0) is 9.84 Å². The molecule has 106 valence electrons. The standard InChI is InChI=1S/C15H23NO2S/c1-13-6-3-8-15(12-13)19(17,18)11-5-10-16-9-4-7-14(16)2/h3,6,8,12,14H,4-5,7,9-11H2,1-2H3. The summed E-state index contributed by atoms with van der Waals surface area (Å²) in [5.74, 6) is 0.250. The Morgan fingerprint density at radius 3 is 2.79 bits per heavy atom. The van der Waals surface area contributed by atoms with Gasteiger partial charge in [-0.2, -0.15) is 0 Å². The molecule has 0 amide bonds. The van der Waals surface area contributed by atoms with Crippen molar-refractivity contribution in [3.05, 3.63) is 29.8 Å². The Kier molecular flexibility index (Phi) is 4.63. The third kappa shape index (κ3) is 3.80. The number of likely N-dealkylation sites (tertiary alicyclic amines) is 1. The molecule has 0 aliphatic carbocycles. The van der Waals surface area contributed by atoms with E-state index in [9.17, 15) is 8.42 Å². The summed E-state index contributed by atoms with van der Waals surface area (Å²) in [6, 6.07) is 7.80. The summed E-state index contributed by atoms with van der Waals surface area (Å²) >= 11 is 0. The second kappa shape index (κ2) is 6.06. The normalized spacial score (nSPS) is 20.8. The monoisotopic (exact) mass is 281 g/mol. The highest BCUT2D eigenvalue weighted by Crippen LogP contribution is 2.18. The van der Waals surface area contributed by atoms with Crippen molar-refractivity contribution >= 4 is 9.84 Å². The highest BCUT2D eigenvalue weighted by Gasteiger charge is 2.21. The minimum Gasteiger partial charge on any atom is -0.301 e. The summed E-state index contributed by atoms with van der Waals surface area (Å²) in [5, 5.41) is 0. The summed E-state index contributed by atoms with van der Waals surface area (Å²) in [5.41, 5.74) is 0.995. The molecule has 0 radical (unpaired) electrons. The third-order valence-corrected chi connectivity index (χ3v) is 5.70. The lowest BCUT2D eigenvalue weighted by Gasteiger charge is -2.20. The van der Waals surface area contributed by atoms with E-state index in [0.29, 0.717) is 10.9 Å². The molecule has 1 unspecified atom stereocenters. The zero-order chi connectivity index (χ0) is 13.9. The van der Waals surface area contributed by atoms with Crippen molar-refractivity contribution in [2.24, 2.45) is 0 Å². The van der Waals surface area contributed by atoms with Crippen molar-refractivity contribution < 1.29 is 8.42 Å². The average Bonchev–Trinajstić information content (AvgIpc) is 2.75. The summed E-state index contributed by atoms with van der Waals surface area (Å²) in [7, 11) is -3.12. The van der Waals surface area contributed by atoms with E-state index < -0.39 is 9.84 Å². The van der Waals surface area contributed by atoms with Crippen LogP contribution in [0.4, 0.5) is 0 Å². The molecule has 4 heteroatoms. The molecule has 0 spiro atoms. The van der Waals surface area contributed by atoms with Gasteiger partial charge in [-0.05, 0) is 63.9 Å². The fraction of sp³-hybridized carbons (Fsp3) is 0.600. The minimum absolute atomic E-state index is 0.250. The van der Waals surface area contributed by atoms with Crippen LogP contribution in [0.5, 0.6) is 0 Å². The van der Waals surface area contributed by atoms with Gasteiger partial charge < -0.3 is 4.90 Å². The van der Waals surface area contributed by atoms with Crippen LogP contribution >= 0.6 is 0 Å². The molecule has 1 saturated heterocycles. The summed E-state index contributed by atoms with van der Waals surface area (Å²) in [6.45, 7) is 6.16. The molecule has 19 heavy (non-hydrogen) atoms. The molecule has 1 aromatic carbocycles. The van der Waals surface area contributed by atoms with Crippen molar-refractivity contribution in [3.63, 3.8) is 0 Å². The van der Waals surface area contributed by atoms with Crippen LogP contribution in [0.15, 0.2) is 29.2 Å². The minimum atomic E-state index is -3.12. The topological polar surface area (TPSA) is 37.4 Å². The molecule has 3 nitrogen and oxygen atoms in total. The molecule has 1 aliphatic rings. The molecule has 0 N–H and O–H groups in total. The SMILES string of the molecule is Cc1cccc(S(=O)(=O)CCCN2CCCC2C)c1. The maximum atomic E-state index is 12.2. The highest BCUT2D eigenvalue weighted by molar-refractivity contribution is 7.91. The summed E-state index contributed by atoms with van der Waals surface area (Å²) < 4.78 is 24.4. The fourth-order valence-corrected chi connectivity index (χ4v) is 4.11. The van der Waals surface area contributed by atoms with Crippen LogP contribution in [0, 0.1) is 6.92 Å². The van der Waals surface area contributed by atoms with Crippen LogP contribution in [0.3, 0.4) is 0 Å². The lowest BCUT2D eigenvalue weighted by atomic mass is 10.2. The number of aryl methyl sites for hydroxylation is 1. The number of sulfone groups is 1. The van der Waals surface area contributed by atoms with E-state index in [2.05, 4.69) is 11.8 Å². The van der Waals surface area contributed by atoms with Crippen LogP contribution in [-0.4, -0.2) is 38.2 Å². The number of hydrogen-bond donors (Lipinski definition) is 0. The Hall–Kier alpha value is -0.870. The Labute approximate surface area is 116 Å². The van der Waals surface area contributed by atoms with Gasteiger partial charge in [-0.3, -0.25) is 0 Å². The Bertz CT molecular complexity index is 525. The number of rotatable bonds is 5. The first-order chi connectivity index (χ1) is 8.99. The fourth-order valence-electron chi connectivity index (χ4n) is 2.71. The zero-order valence-electron chi connectivity index (χ0n) is 11.8. The van der Waals surface area contributed by atoms with Gasteiger partial charge in [-0.1, -0.05) is 12.1 Å². The first kappa shape index (κ1) is 14.5. The first-order valence-electron chi connectivity index (χ1n) is 7.02. The highest BCUT2D eigenvalue weighted by atomic mass is 32.2. The predicted octanol–water partition coefficient (Wildman–Crippen LogP) is 2.64. The van der Waals surface area contributed by atoms with Crippen LogP contribution < -0.4 is 0 Å². The van der Waals surface area contributed by atoms with Gasteiger partial charge in [-0.15, -0.1) is 0 Å². The molecule has 2 rings (SSSR count). The summed E-state index contributed by atoms with van der Waals surface area (Å²) in [6.07, 6.45) is 3.21. The van der Waals surface area contributed by atoms with Gasteiger partial charge in [0.15, 0.2) is 9.84 Å². The first-order valence-corrected chi connectivity index (χ1v) is 8.68. The molecule has 0 aromatic heterocycles. The van der Waals surface area contributed by atoms with Gasteiger partial charge in [0, 0.05) is 6.04 Å². The maximum Gasteiger partial charge on any atom is 0.178 e. The van der Waals surface area contributed by atoms with Gasteiger partial charge in [0.25, 0.3) is 0 Å². The number of benzene rings is 1. The lowest BCUT2D eigenvalue weighted by molar-refractivity contribution is 0.270. The number of hydrogen-bond acceptors (Lipinski definition) is 3. The van der Waals surface area contributed by atoms with Crippen LogP contribution in [0.25, 0.3) is 0 Å². The van der Waals surface area contributed by atoms with Crippen molar-refractivity contribution in [2.75, 3.05) is 18.8 Å². The van der Waals surface area contributed by atoms with Gasteiger partial charge in [0.05, 0.1) is 10.6 Å². The molecule has 0 bridgehead atoms. The molecule has 1 heterocycles. The van der Waals surface area contributed by atoms with Gasteiger partial charge in [0.2, 0.25) is 0 Å². The molecule has 0 saturated carbocycles. The third-order valence-electron chi connectivity index (χ3n) is 3.90. The molecular weight excluding hydrogens is 258 g/mol. The van der Waals surface area contributed by atoms with Crippen molar-refractivity contribution in [1.29, 1.82) is 0 Å². The lowest BCUT2D eigenvalue weighted by Crippen LogP contribution is -2.29. The predicted molar refractivity (Wildman–Crippen MR) is 78.1 cm³/mol. The van der Waals surface area contributed by atoms with E-state index in [0.717, 1.165) is 25.1 Å². The second-order valence-electron chi connectivity index (χ2n) is 5.52. The largest absolute Gasteiger partial charge is 0.301 e. The molecule has 1 aliphatic heterocycles. The quantitative estimate of drug-likeness (QED) is 0.832. The van der Waals surface area contributed by atoms with E-state index in [1.54, 1.807) is 12.1 Å². The molecule has 1 atom stereocenters. The molecular formula is C15H23NO2S. The molecule has 1 aromatic rings. The Balaban J connectivity index is 1.91. The van der Waals surface area contributed by atoms with Crippen molar-refractivity contribution in [1.82, 2.24) is 4.90 Å². The van der Waals surface area contributed by atoms with E-state index in [-0.39, 0.29) is 5.75 Å². The van der Waals surface area contributed by atoms with Gasteiger partial charge >= 0.3 is 0 Å². The van der Waals surface area contributed by atoms with Crippen molar-refractivity contribution in [2.45, 2.75) is 44.0 Å². The van der Waals surface area contributed by atoms with Crippen LogP contribution in [0.1, 0.15) is 31.7 Å². The van der Waals surface area contributed by atoms with E-state index in [1.165, 1.54) is 12.8 Å². The second-order valence-corrected chi connectivity index (χ2v) is 7.63. The number of nitrogens with zero attached hydrogens (tertiary/aromatic N) is 1. The van der Waals surface area contributed by atoms with E-state index >= 15 is 0 Å². The van der Waals surface area contributed by atoms with E-state index in [1.807, 2.05) is 19.1 Å². The zero-order valence-corrected chi connectivity index (χ0v) is 12.6. The Morgan fingerprint density at radius 2 is 2.16 bits per heavy atom. The van der Waals surface area contributed by atoms with Crippen molar-refractivity contribution in [3.8, 4) is 0 Å². The molecule has 1 fully saturated rings. The Morgan fingerprint density at radius 1 is 1.37 bits per heavy atom. The van der Waals surface area contributed by atoms with Crippen LogP contribution in [0.2, 0.25) is 0 Å². The van der Waals surface area contributed by atoms with Gasteiger partial charge in [0.1, 0.15) is 0 Å². The maximum absolute atomic E-state index is 12.2. The summed E-state index contributed by atoms with van der Waals surface area (Å²) in [4.78, 5) is 2.85. The van der Waals surface area contributed by atoms with Gasteiger partial charge in [-0.25, -0.2) is 8.42 Å². The average molecular weight is 281 g/mol. The smallest absolute Gasteiger partial charge is 0.178 e. The van der Waals surface area contributed by atoms with E-state index in [4.69, 9.17) is 0 Å².